The molecule has 2 heterocycles. The van der Waals surface area contributed by atoms with Crippen LogP contribution in [0.2, 0.25) is 0 Å². The number of hydrogen-bond donors (Lipinski definition) is 2. The largest absolute Gasteiger partial charge is 0.444 e. The summed E-state index contributed by atoms with van der Waals surface area (Å²) < 4.78 is 12.6. The topological polar surface area (TPSA) is 119 Å². The molecular formula is C28H38N4O6. The van der Waals surface area contributed by atoms with E-state index in [1.54, 1.807) is 11.8 Å². The van der Waals surface area contributed by atoms with Gasteiger partial charge in [0.15, 0.2) is 0 Å². The lowest BCUT2D eigenvalue weighted by atomic mass is 10.1. The van der Waals surface area contributed by atoms with E-state index in [4.69, 9.17) is 9.47 Å². The van der Waals surface area contributed by atoms with Crippen molar-refractivity contribution in [3.63, 3.8) is 0 Å². The molecule has 3 rings (SSSR count). The van der Waals surface area contributed by atoms with E-state index in [1.165, 1.54) is 16.8 Å². The van der Waals surface area contributed by atoms with Crippen molar-refractivity contribution in [3.8, 4) is 0 Å². The molecule has 1 aromatic carbocycles. The Bertz CT molecular complexity index is 1170. The third-order valence-corrected chi connectivity index (χ3v) is 5.90. The van der Waals surface area contributed by atoms with Crippen LogP contribution in [0.1, 0.15) is 66.8 Å². The van der Waals surface area contributed by atoms with Gasteiger partial charge >= 0.3 is 6.09 Å². The number of aromatic nitrogens is 1. The van der Waals surface area contributed by atoms with Crippen LogP contribution in [0.5, 0.6) is 0 Å². The number of ether oxygens (including phenoxy) is 2. The molecule has 0 radical (unpaired) electrons. The maximum atomic E-state index is 13.0. The summed E-state index contributed by atoms with van der Waals surface area (Å²) in [7, 11) is 0. The van der Waals surface area contributed by atoms with E-state index in [1.807, 2.05) is 51.1 Å². The highest BCUT2D eigenvalue weighted by Crippen LogP contribution is 2.15. The smallest absolute Gasteiger partial charge is 0.410 e. The van der Waals surface area contributed by atoms with Crippen molar-refractivity contribution in [1.82, 2.24) is 20.1 Å². The third-order valence-electron chi connectivity index (χ3n) is 5.90. The second-order valence-electron chi connectivity index (χ2n) is 10.2. The highest BCUT2D eigenvalue weighted by Gasteiger charge is 2.28. The van der Waals surface area contributed by atoms with Crippen LogP contribution < -0.4 is 16.2 Å². The lowest BCUT2D eigenvalue weighted by Gasteiger charge is -2.34. The number of carbonyl (C=O) groups is 3. The Balaban J connectivity index is 1.61. The minimum absolute atomic E-state index is 0.0757. The standard InChI is InChI=1S/C28H38N4O6/c1-5-29-25(34)23-16-21(18-32(26(23)35)17-20-10-7-6-8-11-20)24(33)30-13-9-12-22-19-31(14-15-37-22)27(36)38-28(2,3)4/h6-8,10-11,16,18,22H,5,9,12-15,17,19H2,1-4H3,(H,29,34)(H,30,33). The number of morpholine rings is 1. The number of hydrogen-bond acceptors (Lipinski definition) is 6. The molecule has 3 amide bonds. The van der Waals surface area contributed by atoms with Gasteiger partial charge in [0.25, 0.3) is 17.4 Å². The molecule has 10 nitrogen and oxygen atoms in total. The van der Waals surface area contributed by atoms with Crippen molar-refractivity contribution >= 4 is 17.9 Å². The number of carbonyl (C=O) groups excluding carboxylic acids is 3. The average molecular weight is 527 g/mol. The molecule has 38 heavy (non-hydrogen) atoms. The monoisotopic (exact) mass is 526 g/mol. The Morgan fingerprint density at radius 3 is 2.53 bits per heavy atom. The second kappa shape index (κ2) is 13.2. The Kier molecular flexibility index (Phi) is 10.1. The van der Waals surface area contributed by atoms with E-state index < -0.39 is 17.1 Å². The zero-order chi connectivity index (χ0) is 27.7. The van der Waals surface area contributed by atoms with E-state index in [0.29, 0.717) is 45.6 Å². The lowest BCUT2D eigenvalue weighted by molar-refractivity contribution is -0.0449. The maximum absolute atomic E-state index is 13.0. The molecule has 0 bridgehead atoms. The molecule has 1 aliphatic rings. The van der Waals surface area contributed by atoms with Crippen LogP contribution in [0.4, 0.5) is 4.79 Å². The normalized spacial score (nSPS) is 15.6. The highest BCUT2D eigenvalue weighted by atomic mass is 16.6. The summed E-state index contributed by atoms with van der Waals surface area (Å²) in [6, 6.07) is 10.7. The van der Waals surface area contributed by atoms with Crippen LogP contribution in [0.3, 0.4) is 0 Å². The first-order valence-corrected chi connectivity index (χ1v) is 13.0. The lowest BCUT2D eigenvalue weighted by Crippen LogP contribution is -2.47. The molecule has 10 heteroatoms. The summed E-state index contributed by atoms with van der Waals surface area (Å²) in [5.74, 6) is -0.893. The maximum Gasteiger partial charge on any atom is 0.410 e. The molecule has 0 aliphatic carbocycles. The van der Waals surface area contributed by atoms with Crippen LogP contribution in [-0.2, 0) is 16.0 Å². The zero-order valence-electron chi connectivity index (χ0n) is 22.6. The van der Waals surface area contributed by atoms with Crippen molar-refractivity contribution in [2.45, 2.75) is 58.8 Å². The molecule has 1 fully saturated rings. The fraction of sp³-hybridized carbons (Fsp3) is 0.500. The molecule has 1 saturated heterocycles. The summed E-state index contributed by atoms with van der Waals surface area (Å²) in [5, 5.41) is 5.50. The Morgan fingerprint density at radius 2 is 1.84 bits per heavy atom. The summed E-state index contributed by atoms with van der Waals surface area (Å²) in [5.41, 5.74) is 0.0119. The summed E-state index contributed by atoms with van der Waals surface area (Å²) in [6.45, 7) is 9.58. The van der Waals surface area contributed by atoms with Gasteiger partial charge in [-0.25, -0.2) is 4.79 Å². The average Bonchev–Trinajstić information content (AvgIpc) is 2.87. The van der Waals surface area contributed by atoms with Crippen LogP contribution in [0, 0.1) is 0 Å². The first kappa shape index (κ1) is 28.9. The van der Waals surface area contributed by atoms with Gasteiger partial charge < -0.3 is 29.6 Å². The van der Waals surface area contributed by atoms with Gasteiger partial charge in [-0.2, -0.15) is 0 Å². The van der Waals surface area contributed by atoms with Crippen molar-refractivity contribution in [2.24, 2.45) is 0 Å². The molecule has 1 aromatic heterocycles. The van der Waals surface area contributed by atoms with Crippen molar-refractivity contribution in [1.29, 1.82) is 0 Å². The minimum atomic E-state index is -0.560. The van der Waals surface area contributed by atoms with E-state index in [0.717, 1.165) is 5.56 Å². The van der Waals surface area contributed by atoms with E-state index >= 15 is 0 Å². The van der Waals surface area contributed by atoms with Gasteiger partial charge in [0.2, 0.25) is 0 Å². The van der Waals surface area contributed by atoms with E-state index in [2.05, 4.69) is 10.6 Å². The fourth-order valence-corrected chi connectivity index (χ4v) is 4.10. The number of nitrogens with one attached hydrogen (secondary N) is 2. The molecule has 2 aromatic rings. The molecule has 0 saturated carbocycles. The molecule has 1 unspecified atom stereocenters. The van der Waals surface area contributed by atoms with Crippen molar-refractivity contribution < 1.29 is 23.9 Å². The molecule has 206 valence electrons. The number of nitrogens with zero attached hydrogens (tertiary/aromatic N) is 2. The third kappa shape index (κ3) is 8.44. The zero-order valence-corrected chi connectivity index (χ0v) is 22.6. The number of rotatable bonds is 9. The Hall–Kier alpha value is -3.66. The van der Waals surface area contributed by atoms with Crippen LogP contribution in [-0.4, -0.2) is 71.9 Å². The van der Waals surface area contributed by atoms with Gasteiger partial charge in [-0.3, -0.25) is 14.4 Å². The molecule has 1 aliphatic heterocycles. The van der Waals surface area contributed by atoms with Gasteiger partial charge in [0, 0.05) is 25.8 Å². The van der Waals surface area contributed by atoms with E-state index in [9.17, 15) is 19.2 Å². The first-order chi connectivity index (χ1) is 18.1. The van der Waals surface area contributed by atoms with Crippen molar-refractivity contribution in [3.05, 3.63) is 69.6 Å². The predicted octanol–water partition coefficient (Wildman–Crippen LogP) is 2.79. The van der Waals surface area contributed by atoms with Gasteiger partial charge in [-0.05, 0) is 52.2 Å². The predicted molar refractivity (Wildman–Crippen MR) is 143 cm³/mol. The van der Waals surface area contributed by atoms with Gasteiger partial charge in [-0.15, -0.1) is 0 Å². The van der Waals surface area contributed by atoms with Crippen molar-refractivity contribution in [2.75, 3.05) is 32.8 Å². The van der Waals surface area contributed by atoms with Crippen LogP contribution in [0.15, 0.2) is 47.4 Å². The quantitative estimate of drug-likeness (QED) is 0.485. The summed E-state index contributed by atoms with van der Waals surface area (Å²) in [4.78, 5) is 52.5. The summed E-state index contributed by atoms with van der Waals surface area (Å²) in [6.07, 6.45) is 2.26. The van der Waals surface area contributed by atoms with Crippen LogP contribution in [0.25, 0.3) is 0 Å². The van der Waals surface area contributed by atoms with Crippen LogP contribution >= 0.6 is 0 Å². The molecule has 2 N–H and O–H groups in total. The highest BCUT2D eigenvalue weighted by molar-refractivity contribution is 5.99. The number of amides is 3. The Labute approximate surface area is 223 Å². The molecule has 1 atom stereocenters. The SMILES string of the molecule is CCNC(=O)c1cc(C(=O)NCCCC2CN(C(=O)OC(C)(C)C)CCO2)cn(Cc2ccccc2)c1=O. The number of benzene rings is 1. The molecule has 0 spiro atoms. The van der Waals surface area contributed by atoms with Gasteiger partial charge in [0.1, 0.15) is 11.2 Å². The number of pyridine rings is 1. The van der Waals surface area contributed by atoms with Gasteiger partial charge in [0.05, 0.1) is 31.4 Å². The molecular weight excluding hydrogens is 488 g/mol. The van der Waals surface area contributed by atoms with E-state index in [-0.39, 0.29) is 35.8 Å². The van der Waals surface area contributed by atoms with Gasteiger partial charge in [-0.1, -0.05) is 30.3 Å². The second-order valence-corrected chi connectivity index (χ2v) is 10.2. The fourth-order valence-electron chi connectivity index (χ4n) is 4.10. The Morgan fingerprint density at radius 1 is 1.11 bits per heavy atom. The first-order valence-electron chi connectivity index (χ1n) is 13.0. The minimum Gasteiger partial charge on any atom is -0.444 e. The summed E-state index contributed by atoms with van der Waals surface area (Å²) >= 11 is 0.